The zero-order valence-corrected chi connectivity index (χ0v) is 9.17. The van der Waals surface area contributed by atoms with Gasteiger partial charge in [-0.1, -0.05) is 18.2 Å². The van der Waals surface area contributed by atoms with Crippen LogP contribution in [0.2, 0.25) is 0 Å². The Labute approximate surface area is 93.6 Å². The van der Waals surface area contributed by atoms with E-state index in [4.69, 9.17) is 0 Å². The maximum Gasteiger partial charge on any atom is 0.506 e. The molecule has 0 N–H and O–H groups in total. The van der Waals surface area contributed by atoms with Gasteiger partial charge in [-0.3, -0.25) is 0 Å². The molecule has 0 spiro atoms. The first kappa shape index (κ1) is 12.7. The van der Waals surface area contributed by atoms with Gasteiger partial charge in [0.2, 0.25) is 0 Å². The number of nitrogens with zero attached hydrogens (tertiary/aromatic N) is 1. The first-order valence-electron chi connectivity index (χ1n) is 5.12. The predicted octanol–water partition coefficient (Wildman–Crippen LogP) is 3.46. The van der Waals surface area contributed by atoms with Gasteiger partial charge in [0.1, 0.15) is 0 Å². The molecule has 0 aliphatic heterocycles. The fraction of sp³-hybridized carbons (Fsp3) is 0.273. The summed E-state index contributed by atoms with van der Waals surface area (Å²) in [5.41, 5.74) is 0.122. The highest BCUT2D eigenvalue weighted by Gasteiger charge is 2.27. The Morgan fingerprint density at radius 3 is 2.25 bits per heavy atom. The summed E-state index contributed by atoms with van der Waals surface area (Å²) < 4.78 is 37.2. The molecule has 0 aliphatic rings. The lowest BCUT2D eigenvalue weighted by atomic mass is 9.80. The molecule has 0 atom stereocenters. The van der Waals surface area contributed by atoms with Crippen molar-refractivity contribution in [3.05, 3.63) is 42.4 Å². The Morgan fingerprint density at radius 2 is 1.81 bits per heavy atom. The summed E-state index contributed by atoms with van der Waals surface area (Å²) >= 11 is 0. The fourth-order valence-electron chi connectivity index (χ4n) is 1.37. The number of benzene rings is 1. The minimum Gasteiger partial charge on any atom is -0.445 e. The van der Waals surface area contributed by atoms with Gasteiger partial charge in [-0.05, 0) is 19.1 Å². The highest BCUT2D eigenvalue weighted by Crippen LogP contribution is 2.22. The largest absolute Gasteiger partial charge is 0.506 e. The minimum absolute atomic E-state index is 0.163. The van der Waals surface area contributed by atoms with Gasteiger partial charge in [0.15, 0.2) is 0 Å². The molecule has 0 saturated heterocycles. The average molecular weight is 228 g/mol. The molecule has 0 aromatic heterocycles. The Balaban J connectivity index is 2.75. The van der Waals surface area contributed by atoms with Crippen LogP contribution in [0.1, 0.15) is 6.92 Å². The molecule has 1 nitrogen and oxygen atoms in total. The number of hydrogen-bond donors (Lipinski definition) is 0. The van der Waals surface area contributed by atoms with E-state index in [0.29, 0.717) is 6.54 Å². The highest BCUT2D eigenvalue weighted by molar-refractivity contribution is 6.66. The molecule has 0 saturated carbocycles. The van der Waals surface area contributed by atoms with Crippen molar-refractivity contribution in [2.45, 2.75) is 6.92 Å². The average Bonchev–Trinajstić information content (AvgIpc) is 2.25. The van der Waals surface area contributed by atoms with Crippen LogP contribution in [0.25, 0.3) is 0 Å². The number of likely N-dealkylation sites (N-methyl/N-ethyl adjacent to an activating group) is 1. The Bertz CT molecular complexity index is 348. The van der Waals surface area contributed by atoms with Crippen molar-refractivity contribution in [1.29, 1.82) is 0 Å². The van der Waals surface area contributed by atoms with Crippen LogP contribution >= 0.6 is 0 Å². The van der Waals surface area contributed by atoms with E-state index < -0.39 is 12.4 Å². The van der Waals surface area contributed by atoms with E-state index in [0.717, 1.165) is 5.69 Å². The molecule has 1 rings (SSSR count). The Hall–Kier alpha value is -1.39. The SMILES string of the molecule is C=C(CN(CC)c1ccccc1)[B-](F)(F)F. The van der Waals surface area contributed by atoms with Crippen molar-refractivity contribution in [3.8, 4) is 0 Å². The molecule has 0 amide bonds. The molecule has 5 heteroatoms. The summed E-state index contributed by atoms with van der Waals surface area (Å²) in [6.45, 7) is 0.340. The molecule has 1 aromatic carbocycles. The number of anilines is 1. The maximum atomic E-state index is 12.4. The predicted molar refractivity (Wildman–Crippen MR) is 62.5 cm³/mol. The van der Waals surface area contributed by atoms with E-state index in [1.54, 1.807) is 29.2 Å². The van der Waals surface area contributed by atoms with Gasteiger partial charge >= 0.3 is 6.98 Å². The summed E-state index contributed by atoms with van der Waals surface area (Å²) in [6, 6.07) is 9.03. The van der Waals surface area contributed by atoms with Crippen molar-refractivity contribution >= 4 is 12.7 Å². The lowest BCUT2D eigenvalue weighted by molar-refractivity contribution is 0.487. The lowest BCUT2D eigenvalue weighted by Crippen LogP contribution is -2.32. The first-order valence-corrected chi connectivity index (χ1v) is 5.12. The molecular formula is C11H14BF3N-. The summed E-state index contributed by atoms with van der Waals surface area (Å²) in [7, 11) is 0. The normalized spacial score (nSPS) is 11.2. The van der Waals surface area contributed by atoms with E-state index in [1.165, 1.54) is 0 Å². The zero-order valence-electron chi connectivity index (χ0n) is 9.17. The van der Waals surface area contributed by atoms with Gasteiger partial charge < -0.3 is 17.8 Å². The third kappa shape index (κ3) is 3.33. The summed E-state index contributed by atoms with van der Waals surface area (Å²) in [5.74, 6) is 0. The second kappa shape index (κ2) is 5.10. The van der Waals surface area contributed by atoms with Crippen LogP contribution in [-0.4, -0.2) is 20.1 Å². The molecular weight excluding hydrogens is 214 g/mol. The molecule has 0 heterocycles. The van der Waals surface area contributed by atoms with E-state index in [-0.39, 0.29) is 6.54 Å². The lowest BCUT2D eigenvalue weighted by Gasteiger charge is -2.28. The third-order valence-electron chi connectivity index (χ3n) is 2.36. The molecule has 0 unspecified atom stereocenters. The van der Waals surface area contributed by atoms with Crippen molar-refractivity contribution in [2.24, 2.45) is 0 Å². The minimum atomic E-state index is -4.94. The molecule has 0 radical (unpaired) electrons. The van der Waals surface area contributed by atoms with Crippen LogP contribution in [-0.2, 0) is 0 Å². The van der Waals surface area contributed by atoms with Crippen LogP contribution in [0.15, 0.2) is 42.4 Å². The van der Waals surface area contributed by atoms with Crippen molar-refractivity contribution in [3.63, 3.8) is 0 Å². The summed E-state index contributed by atoms with van der Waals surface area (Å²) in [4.78, 5) is 1.65. The topological polar surface area (TPSA) is 3.24 Å². The van der Waals surface area contributed by atoms with Gasteiger partial charge in [0.25, 0.3) is 0 Å². The number of para-hydroxylation sites is 1. The van der Waals surface area contributed by atoms with Crippen LogP contribution in [0.4, 0.5) is 18.6 Å². The van der Waals surface area contributed by atoms with E-state index in [2.05, 4.69) is 6.58 Å². The quantitative estimate of drug-likeness (QED) is 0.697. The van der Waals surface area contributed by atoms with Gasteiger partial charge in [-0.25, -0.2) is 0 Å². The van der Waals surface area contributed by atoms with Crippen molar-refractivity contribution in [2.75, 3.05) is 18.0 Å². The monoisotopic (exact) mass is 228 g/mol. The van der Waals surface area contributed by atoms with Crippen molar-refractivity contribution < 1.29 is 12.9 Å². The Morgan fingerprint density at radius 1 is 1.25 bits per heavy atom. The van der Waals surface area contributed by atoms with Gasteiger partial charge in [-0.2, -0.15) is 0 Å². The van der Waals surface area contributed by atoms with Gasteiger partial charge in [0, 0.05) is 18.8 Å². The standard InChI is InChI=1S/C11H14BF3N/c1-3-16(9-10(2)12(13,14)15)11-7-5-4-6-8-11/h4-8H,2-3,9H2,1H3/q-1. The third-order valence-corrected chi connectivity index (χ3v) is 2.36. The van der Waals surface area contributed by atoms with Crippen LogP contribution in [0, 0.1) is 0 Å². The van der Waals surface area contributed by atoms with E-state index in [9.17, 15) is 12.9 Å². The highest BCUT2D eigenvalue weighted by atomic mass is 19.4. The molecule has 0 bridgehead atoms. The summed E-state index contributed by atoms with van der Waals surface area (Å²) in [5, 5.41) is 0. The van der Waals surface area contributed by atoms with Crippen LogP contribution in [0.3, 0.4) is 0 Å². The number of rotatable bonds is 5. The molecule has 0 aliphatic carbocycles. The maximum absolute atomic E-state index is 12.4. The smallest absolute Gasteiger partial charge is 0.445 e. The van der Waals surface area contributed by atoms with Crippen LogP contribution < -0.4 is 4.90 Å². The molecule has 1 aromatic rings. The molecule has 88 valence electrons. The zero-order chi connectivity index (χ0) is 12.2. The van der Waals surface area contributed by atoms with E-state index in [1.807, 2.05) is 13.0 Å². The second-order valence-corrected chi connectivity index (χ2v) is 3.58. The van der Waals surface area contributed by atoms with Crippen LogP contribution in [0.5, 0.6) is 0 Å². The fourth-order valence-corrected chi connectivity index (χ4v) is 1.37. The van der Waals surface area contributed by atoms with Gasteiger partial charge in [0.05, 0.1) is 0 Å². The molecule has 16 heavy (non-hydrogen) atoms. The molecule has 0 fully saturated rings. The second-order valence-electron chi connectivity index (χ2n) is 3.58. The number of halogens is 3. The summed E-state index contributed by atoms with van der Waals surface area (Å²) in [6.07, 6.45) is 0. The van der Waals surface area contributed by atoms with E-state index >= 15 is 0 Å². The number of hydrogen-bond acceptors (Lipinski definition) is 1. The van der Waals surface area contributed by atoms with Gasteiger partial charge in [-0.15, -0.1) is 12.1 Å². The first-order chi connectivity index (χ1) is 7.45. The Kier molecular flexibility index (Phi) is 4.04. The van der Waals surface area contributed by atoms with Crippen molar-refractivity contribution in [1.82, 2.24) is 0 Å².